The van der Waals surface area contributed by atoms with E-state index in [9.17, 15) is 0 Å². The Morgan fingerprint density at radius 1 is 1.50 bits per heavy atom. The van der Waals surface area contributed by atoms with Crippen molar-refractivity contribution in [3.8, 4) is 0 Å². The number of nitrogens with zero attached hydrogens (tertiary/aromatic N) is 1. The molecule has 0 aromatic carbocycles. The summed E-state index contributed by atoms with van der Waals surface area (Å²) in [5.74, 6) is 5.93. The summed E-state index contributed by atoms with van der Waals surface area (Å²) in [6, 6.07) is 5.68. The molecule has 4 heteroatoms. The third kappa shape index (κ3) is 3.55. The first-order valence-electron chi connectivity index (χ1n) is 4.61. The summed E-state index contributed by atoms with van der Waals surface area (Å²) < 4.78 is 0. The van der Waals surface area contributed by atoms with Crippen LogP contribution in [0.4, 0.5) is 5.82 Å². The van der Waals surface area contributed by atoms with Crippen molar-refractivity contribution >= 4 is 11.9 Å². The number of hydrazine groups is 1. The van der Waals surface area contributed by atoms with E-state index in [0.717, 1.165) is 18.7 Å². The molecule has 14 heavy (non-hydrogen) atoms. The van der Waals surface area contributed by atoms with Crippen molar-refractivity contribution < 1.29 is 0 Å². The fourth-order valence-corrected chi connectivity index (χ4v) is 1.06. The standard InChI is InChI=1S/C10H16N4/c1-12-8-3-2-5-9-6-4-7-10(13-9)14-11/h2,4-7,12H,3,8,11H2,1H3,(H,13,14). The molecule has 0 spiro atoms. The molecule has 4 nitrogen and oxygen atoms in total. The lowest BCUT2D eigenvalue weighted by Gasteiger charge is -1.99. The molecular formula is C10H16N4. The van der Waals surface area contributed by atoms with Gasteiger partial charge in [0.1, 0.15) is 5.82 Å². The molecule has 0 saturated heterocycles. The highest BCUT2D eigenvalue weighted by molar-refractivity contribution is 5.48. The summed E-state index contributed by atoms with van der Waals surface area (Å²) in [6.07, 6.45) is 5.07. The van der Waals surface area contributed by atoms with Gasteiger partial charge in [-0.3, -0.25) is 0 Å². The van der Waals surface area contributed by atoms with Crippen molar-refractivity contribution in [3.05, 3.63) is 30.0 Å². The van der Waals surface area contributed by atoms with Gasteiger partial charge in [0.25, 0.3) is 0 Å². The van der Waals surface area contributed by atoms with Crippen LogP contribution in [-0.2, 0) is 0 Å². The number of nitrogens with two attached hydrogens (primary N) is 1. The molecule has 76 valence electrons. The minimum atomic E-state index is 0.681. The number of hydrogen-bond donors (Lipinski definition) is 3. The highest BCUT2D eigenvalue weighted by atomic mass is 15.2. The molecule has 1 heterocycles. The van der Waals surface area contributed by atoms with Crippen LogP contribution in [0.3, 0.4) is 0 Å². The SMILES string of the molecule is CNCCC=Cc1cccc(NN)n1. The number of hydrogen-bond acceptors (Lipinski definition) is 4. The van der Waals surface area contributed by atoms with E-state index in [-0.39, 0.29) is 0 Å². The summed E-state index contributed by atoms with van der Waals surface area (Å²) in [5.41, 5.74) is 3.43. The van der Waals surface area contributed by atoms with E-state index >= 15 is 0 Å². The first-order valence-corrected chi connectivity index (χ1v) is 4.61. The summed E-state index contributed by atoms with van der Waals surface area (Å²) in [7, 11) is 1.94. The van der Waals surface area contributed by atoms with Gasteiger partial charge in [-0.25, -0.2) is 10.8 Å². The number of anilines is 1. The summed E-state index contributed by atoms with van der Waals surface area (Å²) >= 11 is 0. The minimum absolute atomic E-state index is 0.681. The van der Waals surface area contributed by atoms with Crippen LogP contribution in [0.15, 0.2) is 24.3 Å². The molecule has 0 aliphatic rings. The quantitative estimate of drug-likeness (QED) is 0.370. The number of pyridine rings is 1. The van der Waals surface area contributed by atoms with Crippen LogP contribution < -0.4 is 16.6 Å². The molecule has 0 amide bonds. The largest absolute Gasteiger partial charge is 0.319 e. The average Bonchev–Trinajstić information content (AvgIpc) is 2.25. The van der Waals surface area contributed by atoms with Gasteiger partial charge in [-0.15, -0.1) is 0 Å². The van der Waals surface area contributed by atoms with Crippen LogP contribution in [0, 0.1) is 0 Å². The summed E-state index contributed by atoms with van der Waals surface area (Å²) in [5, 5.41) is 3.07. The molecular weight excluding hydrogens is 176 g/mol. The fraction of sp³-hybridized carbons (Fsp3) is 0.300. The highest BCUT2D eigenvalue weighted by Gasteiger charge is 1.90. The predicted octanol–water partition coefficient (Wildman–Crippen LogP) is 0.990. The van der Waals surface area contributed by atoms with Gasteiger partial charge in [-0.05, 0) is 38.2 Å². The normalized spacial score (nSPS) is 10.7. The van der Waals surface area contributed by atoms with Crippen molar-refractivity contribution in [1.82, 2.24) is 10.3 Å². The third-order valence-corrected chi connectivity index (χ3v) is 1.77. The fourth-order valence-electron chi connectivity index (χ4n) is 1.06. The Morgan fingerprint density at radius 2 is 2.36 bits per heavy atom. The van der Waals surface area contributed by atoms with Crippen LogP contribution in [0.25, 0.3) is 6.08 Å². The Morgan fingerprint density at radius 3 is 3.07 bits per heavy atom. The Labute approximate surface area is 84.2 Å². The third-order valence-electron chi connectivity index (χ3n) is 1.77. The second kappa shape index (κ2) is 6.12. The van der Waals surface area contributed by atoms with E-state index in [1.165, 1.54) is 0 Å². The Balaban J connectivity index is 2.53. The first kappa shape index (κ1) is 10.7. The van der Waals surface area contributed by atoms with Crippen LogP contribution in [0.5, 0.6) is 0 Å². The van der Waals surface area contributed by atoms with Gasteiger partial charge in [0.2, 0.25) is 0 Å². The smallest absolute Gasteiger partial charge is 0.140 e. The summed E-state index contributed by atoms with van der Waals surface area (Å²) in [4.78, 5) is 4.25. The second-order valence-electron chi connectivity index (χ2n) is 2.89. The molecule has 1 aromatic heterocycles. The molecule has 0 saturated carbocycles. The zero-order valence-corrected chi connectivity index (χ0v) is 8.33. The maximum absolute atomic E-state index is 5.25. The monoisotopic (exact) mass is 192 g/mol. The molecule has 0 aliphatic carbocycles. The minimum Gasteiger partial charge on any atom is -0.319 e. The molecule has 1 aromatic rings. The highest BCUT2D eigenvalue weighted by Crippen LogP contribution is 2.04. The second-order valence-corrected chi connectivity index (χ2v) is 2.89. The van der Waals surface area contributed by atoms with E-state index < -0.39 is 0 Å². The lowest BCUT2D eigenvalue weighted by molar-refractivity contribution is 0.809. The Kier molecular flexibility index (Phi) is 4.68. The summed E-state index contributed by atoms with van der Waals surface area (Å²) in [6.45, 7) is 0.978. The topological polar surface area (TPSA) is 63.0 Å². The Hall–Kier alpha value is -1.39. The van der Waals surface area contributed by atoms with Gasteiger partial charge < -0.3 is 10.7 Å². The van der Waals surface area contributed by atoms with Crippen LogP contribution in [0.2, 0.25) is 0 Å². The molecule has 1 rings (SSSR count). The van der Waals surface area contributed by atoms with Crippen molar-refractivity contribution in [2.45, 2.75) is 6.42 Å². The zero-order valence-electron chi connectivity index (χ0n) is 8.33. The number of nitrogens with one attached hydrogen (secondary N) is 2. The lowest BCUT2D eigenvalue weighted by atomic mass is 10.3. The van der Waals surface area contributed by atoms with Gasteiger partial charge in [0.15, 0.2) is 0 Å². The zero-order chi connectivity index (χ0) is 10.2. The van der Waals surface area contributed by atoms with Gasteiger partial charge in [0.05, 0.1) is 5.69 Å². The van der Waals surface area contributed by atoms with Gasteiger partial charge >= 0.3 is 0 Å². The molecule has 0 atom stereocenters. The van der Waals surface area contributed by atoms with Crippen molar-refractivity contribution in [2.75, 3.05) is 19.0 Å². The van der Waals surface area contributed by atoms with Crippen molar-refractivity contribution in [2.24, 2.45) is 5.84 Å². The molecule has 0 bridgehead atoms. The number of aromatic nitrogens is 1. The average molecular weight is 192 g/mol. The molecule has 4 N–H and O–H groups in total. The van der Waals surface area contributed by atoms with Crippen molar-refractivity contribution in [3.63, 3.8) is 0 Å². The van der Waals surface area contributed by atoms with Crippen LogP contribution in [0.1, 0.15) is 12.1 Å². The van der Waals surface area contributed by atoms with E-state index in [0.29, 0.717) is 5.82 Å². The maximum Gasteiger partial charge on any atom is 0.140 e. The molecule has 0 unspecified atom stereocenters. The van der Waals surface area contributed by atoms with E-state index in [2.05, 4.69) is 21.8 Å². The molecule has 0 radical (unpaired) electrons. The van der Waals surface area contributed by atoms with E-state index in [1.807, 2.05) is 31.3 Å². The first-order chi connectivity index (χ1) is 6.86. The molecule has 0 fully saturated rings. The van der Waals surface area contributed by atoms with Crippen LogP contribution >= 0.6 is 0 Å². The molecule has 0 aliphatic heterocycles. The maximum atomic E-state index is 5.25. The van der Waals surface area contributed by atoms with E-state index in [4.69, 9.17) is 5.84 Å². The predicted molar refractivity (Wildman–Crippen MR) is 59.6 cm³/mol. The lowest BCUT2D eigenvalue weighted by Crippen LogP contribution is -2.08. The van der Waals surface area contributed by atoms with Crippen LogP contribution in [-0.4, -0.2) is 18.6 Å². The van der Waals surface area contributed by atoms with Crippen molar-refractivity contribution in [1.29, 1.82) is 0 Å². The van der Waals surface area contributed by atoms with E-state index in [1.54, 1.807) is 0 Å². The van der Waals surface area contributed by atoms with Gasteiger partial charge in [-0.2, -0.15) is 0 Å². The Bertz CT molecular complexity index is 296. The van der Waals surface area contributed by atoms with Gasteiger partial charge in [0, 0.05) is 0 Å². The van der Waals surface area contributed by atoms with Gasteiger partial charge in [-0.1, -0.05) is 12.1 Å². The number of rotatable bonds is 5. The number of nitrogen functional groups attached to an aromatic ring is 1.